The highest BCUT2D eigenvalue weighted by Gasteiger charge is 2.26. The van der Waals surface area contributed by atoms with Crippen LogP contribution in [-0.4, -0.2) is 12.1 Å². The second kappa shape index (κ2) is 7.15. The van der Waals surface area contributed by atoms with E-state index in [2.05, 4.69) is 51.2 Å². The molecule has 2 atom stereocenters. The zero-order chi connectivity index (χ0) is 15.5. The predicted octanol–water partition coefficient (Wildman–Crippen LogP) is 5.70. The second-order valence-corrected chi connectivity index (χ2v) is 8.05. The average Bonchev–Trinajstić information content (AvgIpc) is 2.64. The molecule has 1 nitrogen and oxygen atoms in total. The van der Waals surface area contributed by atoms with E-state index in [-0.39, 0.29) is 5.54 Å². The maximum absolute atomic E-state index is 6.36. The predicted molar refractivity (Wildman–Crippen MR) is 93.3 cm³/mol. The molecule has 1 aliphatic carbocycles. The smallest absolute Gasteiger partial charge is 0.0438 e. The third kappa shape index (κ3) is 5.00. The minimum atomic E-state index is 0.196. The zero-order valence-electron chi connectivity index (χ0n) is 14.0. The van der Waals surface area contributed by atoms with Crippen molar-refractivity contribution in [1.82, 2.24) is 5.32 Å². The Morgan fingerprint density at radius 3 is 2.52 bits per heavy atom. The fourth-order valence-corrected chi connectivity index (χ4v) is 3.53. The summed E-state index contributed by atoms with van der Waals surface area (Å²) >= 11 is 6.36. The molecule has 0 aliphatic heterocycles. The van der Waals surface area contributed by atoms with Crippen LogP contribution in [0.5, 0.6) is 0 Å². The molecule has 2 rings (SSSR count). The molecular formula is C19H30ClN. The molecule has 0 heterocycles. The van der Waals surface area contributed by atoms with Crippen LogP contribution in [0.25, 0.3) is 0 Å². The first-order valence-corrected chi connectivity index (χ1v) is 8.76. The van der Waals surface area contributed by atoms with Crippen LogP contribution in [0.3, 0.4) is 0 Å². The number of benzene rings is 1. The van der Waals surface area contributed by atoms with E-state index in [0.29, 0.717) is 5.92 Å². The summed E-state index contributed by atoms with van der Waals surface area (Å²) in [5, 5.41) is 4.63. The largest absolute Gasteiger partial charge is 0.312 e. The maximum Gasteiger partial charge on any atom is 0.0438 e. The van der Waals surface area contributed by atoms with Crippen molar-refractivity contribution in [2.75, 3.05) is 6.54 Å². The summed E-state index contributed by atoms with van der Waals surface area (Å²) in [7, 11) is 0. The maximum atomic E-state index is 6.36. The van der Waals surface area contributed by atoms with Crippen LogP contribution < -0.4 is 5.32 Å². The van der Waals surface area contributed by atoms with E-state index >= 15 is 0 Å². The molecule has 1 N–H and O–H groups in total. The number of hydrogen-bond donors (Lipinski definition) is 1. The molecule has 118 valence electrons. The van der Waals surface area contributed by atoms with E-state index in [9.17, 15) is 0 Å². The Morgan fingerprint density at radius 1 is 1.14 bits per heavy atom. The van der Waals surface area contributed by atoms with Crippen LogP contribution in [0.1, 0.15) is 69.9 Å². The normalized spacial score (nSPS) is 23.9. The molecule has 0 aromatic heterocycles. The lowest BCUT2D eigenvalue weighted by Gasteiger charge is -2.30. The van der Waals surface area contributed by atoms with E-state index in [1.807, 2.05) is 0 Å². The van der Waals surface area contributed by atoms with Crippen molar-refractivity contribution < 1.29 is 0 Å². The molecule has 2 unspecified atom stereocenters. The molecule has 1 saturated carbocycles. The monoisotopic (exact) mass is 307 g/mol. The van der Waals surface area contributed by atoms with Crippen molar-refractivity contribution in [2.24, 2.45) is 5.92 Å². The topological polar surface area (TPSA) is 12.0 Å². The fraction of sp³-hybridized carbons (Fsp3) is 0.684. The highest BCUT2D eigenvalue weighted by Crippen LogP contribution is 2.37. The molecule has 0 amide bonds. The van der Waals surface area contributed by atoms with Gasteiger partial charge in [0.2, 0.25) is 0 Å². The minimum absolute atomic E-state index is 0.196. The van der Waals surface area contributed by atoms with Gasteiger partial charge >= 0.3 is 0 Å². The minimum Gasteiger partial charge on any atom is -0.312 e. The van der Waals surface area contributed by atoms with Gasteiger partial charge in [0.1, 0.15) is 0 Å². The summed E-state index contributed by atoms with van der Waals surface area (Å²) in [6.45, 7) is 9.95. The summed E-state index contributed by atoms with van der Waals surface area (Å²) in [5.74, 6) is 1.38. The molecule has 0 radical (unpaired) electrons. The molecule has 2 heteroatoms. The lowest BCUT2D eigenvalue weighted by Crippen LogP contribution is -2.40. The highest BCUT2D eigenvalue weighted by atomic mass is 35.5. The van der Waals surface area contributed by atoms with Gasteiger partial charge < -0.3 is 5.32 Å². The van der Waals surface area contributed by atoms with Crippen molar-refractivity contribution in [2.45, 2.75) is 71.3 Å². The van der Waals surface area contributed by atoms with Gasteiger partial charge in [-0.1, -0.05) is 43.0 Å². The quantitative estimate of drug-likeness (QED) is 0.706. The van der Waals surface area contributed by atoms with Gasteiger partial charge in [0.25, 0.3) is 0 Å². The number of nitrogens with one attached hydrogen (secondary N) is 1. The Kier molecular flexibility index (Phi) is 5.73. The Balaban J connectivity index is 2.16. The van der Waals surface area contributed by atoms with Crippen molar-refractivity contribution in [1.29, 1.82) is 0 Å². The molecule has 0 bridgehead atoms. The van der Waals surface area contributed by atoms with E-state index in [0.717, 1.165) is 17.5 Å². The Hall–Kier alpha value is -0.530. The summed E-state index contributed by atoms with van der Waals surface area (Å²) in [4.78, 5) is 0. The average molecular weight is 308 g/mol. The lowest BCUT2D eigenvalue weighted by molar-refractivity contribution is 0.322. The Bertz CT molecular complexity index is 461. The molecule has 21 heavy (non-hydrogen) atoms. The third-order valence-corrected chi connectivity index (χ3v) is 5.08. The SMILES string of the molecule is Cc1ccc(C2CCCCCC2CNC(C)(C)C)cc1Cl. The third-order valence-electron chi connectivity index (χ3n) is 4.68. The number of rotatable bonds is 3. The Morgan fingerprint density at radius 2 is 1.86 bits per heavy atom. The van der Waals surface area contributed by atoms with Gasteiger partial charge in [0.15, 0.2) is 0 Å². The van der Waals surface area contributed by atoms with Gasteiger partial charge in [-0.05, 0) is 76.1 Å². The van der Waals surface area contributed by atoms with Crippen molar-refractivity contribution in [3.05, 3.63) is 34.3 Å². The van der Waals surface area contributed by atoms with E-state index in [4.69, 9.17) is 11.6 Å². The highest BCUT2D eigenvalue weighted by molar-refractivity contribution is 6.31. The molecule has 0 saturated heterocycles. The van der Waals surface area contributed by atoms with E-state index in [1.54, 1.807) is 0 Å². The molecule has 1 aromatic rings. The molecule has 0 spiro atoms. The van der Waals surface area contributed by atoms with Crippen molar-refractivity contribution in [3.63, 3.8) is 0 Å². The lowest BCUT2D eigenvalue weighted by atomic mass is 9.82. The van der Waals surface area contributed by atoms with Gasteiger partial charge in [-0.25, -0.2) is 0 Å². The van der Waals surface area contributed by atoms with Crippen molar-refractivity contribution >= 4 is 11.6 Å². The van der Waals surface area contributed by atoms with Gasteiger partial charge in [-0.15, -0.1) is 0 Å². The second-order valence-electron chi connectivity index (χ2n) is 7.64. The Labute approximate surface area is 135 Å². The van der Waals surface area contributed by atoms with Crippen molar-refractivity contribution in [3.8, 4) is 0 Å². The number of hydrogen-bond acceptors (Lipinski definition) is 1. The van der Waals surface area contributed by atoms with Gasteiger partial charge in [-0.2, -0.15) is 0 Å². The summed E-state index contributed by atoms with van der Waals surface area (Å²) in [6.07, 6.45) is 6.73. The zero-order valence-corrected chi connectivity index (χ0v) is 14.8. The summed E-state index contributed by atoms with van der Waals surface area (Å²) in [5.41, 5.74) is 2.81. The summed E-state index contributed by atoms with van der Waals surface area (Å²) in [6, 6.07) is 6.68. The number of aryl methyl sites for hydroxylation is 1. The van der Waals surface area contributed by atoms with Crippen LogP contribution in [0, 0.1) is 12.8 Å². The standard InChI is InChI=1S/C19H30ClN/c1-14-10-11-15(12-18(14)20)17-9-7-5-6-8-16(17)13-21-19(2,3)4/h10-12,16-17,21H,5-9,13H2,1-4H3. The van der Waals surface area contributed by atoms with Gasteiger partial charge in [0, 0.05) is 10.6 Å². The molecular weight excluding hydrogens is 278 g/mol. The summed E-state index contributed by atoms with van der Waals surface area (Å²) < 4.78 is 0. The van der Waals surface area contributed by atoms with E-state index in [1.165, 1.54) is 43.2 Å². The van der Waals surface area contributed by atoms with Crippen LogP contribution in [0.4, 0.5) is 0 Å². The first kappa shape index (κ1) is 16.8. The van der Waals surface area contributed by atoms with E-state index < -0.39 is 0 Å². The van der Waals surface area contributed by atoms with Gasteiger partial charge in [0.05, 0.1) is 0 Å². The van der Waals surface area contributed by atoms with Crippen LogP contribution in [0.2, 0.25) is 5.02 Å². The molecule has 1 fully saturated rings. The fourth-order valence-electron chi connectivity index (χ4n) is 3.34. The van der Waals surface area contributed by atoms with Crippen LogP contribution in [-0.2, 0) is 0 Å². The van der Waals surface area contributed by atoms with Gasteiger partial charge in [-0.3, -0.25) is 0 Å². The first-order chi connectivity index (χ1) is 9.87. The first-order valence-electron chi connectivity index (χ1n) is 8.38. The molecule has 1 aromatic carbocycles. The van der Waals surface area contributed by atoms with Crippen LogP contribution in [0.15, 0.2) is 18.2 Å². The van der Waals surface area contributed by atoms with Crippen LogP contribution >= 0.6 is 11.6 Å². The number of halogens is 1. The molecule has 1 aliphatic rings.